The van der Waals surface area contributed by atoms with Crippen LogP contribution in [0.1, 0.15) is 0 Å². The smallest absolute Gasteiger partial charge is 0.261 e. The average molecular weight is 383 g/mol. The van der Waals surface area contributed by atoms with Gasteiger partial charge in [-0.2, -0.15) is 4.31 Å². The van der Waals surface area contributed by atoms with Gasteiger partial charge in [0, 0.05) is 25.5 Å². The molecule has 1 aliphatic heterocycles. The van der Waals surface area contributed by atoms with Gasteiger partial charge in [-0.15, -0.1) is 0 Å². The molecule has 0 saturated carbocycles. The number of hydrogen-bond donors (Lipinski definition) is 1. The van der Waals surface area contributed by atoms with Gasteiger partial charge in [0.2, 0.25) is 10.0 Å². The molecule has 134 valence electrons. The molecule has 2 aromatic rings. The third-order valence-electron chi connectivity index (χ3n) is 3.67. The van der Waals surface area contributed by atoms with Crippen molar-refractivity contribution in [3.63, 3.8) is 0 Å². The van der Waals surface area contributed by atoms with Gasteiger partial charge in [-0.25, -0.2) is 16.8 Å². The molecule has 1 saturated heterocycles. The second kappa shape index (κ2) is 7.08. The molecule has 10 heteroatoms. The fraction of sp³-hybridized carbons (Fsp3) is 0.267. The van der Waals surface area contributed by atoms with E-state index in [0.29, 0.717) is 18.9 Å². The second-order valence-electron chi connectivity index (χ2n) is 5.33. The molecule has 1 aromatic carbocycles. The fourth-order valence-electron chi connectivity index (χ4n) is 2.36. The zero-order chi connectivity index (χ0) is 17.9. The minimum atomic E-state index is -3.81. The lowest BCUT2D eigenvalue weighted by atomic mass is 10.4. The molecule has 3 rings (SSSR count). The highest BCUT2D eigenvalue weighted by Crippen LogP contribution is 2.21. The summed E-state index contributed by atoms with van der Waals surface area (Å²) in [6.07, 6.45) is 2.94. The third kappa shape index (κ3) is 3.98. The van der Waals surface area contributed by atoms with E-state index in [0.717, 1.165) is 0 Å². The summed E-state index contributed by atoms with van der Waals surface area (Å²) in [5.41, 5.74) is 0.375. The van der Waals surface area contributed by atoms with Gasteiger partial charge in [0.25, 0.3) is 10.0 Å². The van der Waals surface area contributed by atoms with Crippen LogP contribution in [0.15, 0.2) is 58.6 Å². The Hall–Kier alpha value is -2.01. The maximum Gasteiger partial charge on any atom is 0.261 e. The molecule has 0 unspecified atom stereocenters. The van der Waals surface area contributed by atoms with Crippen LogP contribution in [0.4, 0.5) is 5.69 Å². The Labute approximate surface area is 146 Å². The molecule has 0 aliphatic carbocycles. The first-order chi connectivity index (χ1) is 11.9. The summed E-state index contributed by atoms with van der Waals surface area (Å²) in [5.74, 6) is 0. The van der Waals surface area contributed by atoms with Gasteiger partial charge in [-0.05, 0) is 36.4 Å². The first-order valence-corrected chi connectivity index (χ1v) is 10.4. The summed E-state index contributed by atoms with van der Waals surface area (Å²) in [6.45, 7) is 1.26. The van der Waals surface area contributed by atoms with Crippen molar-refractivity contribution in [3.8, 4) is 0 Å². The lowest BCUT2D eigenvalue weighted by molar-refractivity contribution is 0.0730. The molecule has 1 aliphatic rings. The summed E-state index contributed by atoms with van der Waals surface area (Å²) < 4.78 is 58.7. The van der Waals surface area contributed by atoms with Crippen LogP contribution in [-0.2, 0) is 24.8 Å². The third-order valence-corrected chi connectivity index (χ3v) is 6.98. The van der Waals surface area contributed by atoms with Gasteiger partial charge in [-0.3, -0.25) is 9.71 Å². The van der Waals surface area contributed by atoms with Gasteiger partial charge in [0.05, 0.1) is 28.7 Å². The van der Waals surface area contributed by atoms with Crippen molar-refractivity contribution < 1.29 is 21.6 Å². The van der Waals surface area contributed by atoms with E-state index in [9.17, 15) is 16.8 Å². The van der Waals surface area contributed by atoms with Gasteiger partial charge in [0.15, 0.2) is 0 Å². The van der Waals surface area contributed by atoms with Crippen molar-refractivity contribution in [1.82, 2.24) is 9.29 Å². The molecule has 0 spiro atoms. The molecule has 0 radical (unpaired) electrons. The van der Waals surface area contributed by atoms with Crippen molar-refractivity contribution in [2.24, 2.45) is 0 Å². The fourth-order valence-corrected chi connectivity index (χ4v) is 4.83. The molecular formula is C15H17N3O5S2. The molecule has 2 heterocycles. The number of hydrogen-bond acceptors (Lipinski definition) is 6. The Kier molecular flexibility index (Phi) is 5.04. The van der Waals surface area contributed by atoms with E-state index in [4.69, 9.17) is 4.74 Å². The highest BCUT2D eigenvalue weighted by atomic mass is 32.2. The van der Waals surface area contributed by atoms with Crippen LogP contribution in [0.25, 0.3) is 0 Å². The van der Waals surface area contributed by atoms with Crippen LogP contribution in [-0.4, -0.2) is 52.4 Å². The van der Waals surface area contributed by atoms with Crippen molar-refractivity contribution >= 4 is 25.7 Å². The number of sulfonamides is 2. The molecule has 0 atom stereocenters. The maximum absolute atomic E-state index is 12.5. The standard InChI is InChI=1S/C15H17N3O5S2/c19-24(20,17-13-5-7-16-8-6-13)14-1-3-15(4-2-14)25(21,22)18-9-11-23-12-10-18/h1-8H,9-12H2,(H,16,17). The lowest BCUT2D eigenvalue weighted by Crippen LogP contribution is -2.40. The van der Waals surface area contributed by atoms with Crippen molar-refractivity contribution in [2.75, 3.05) is 31.0 Å². The van der Waals surface area contributed by atoms with Gasteiger partial charge < -0.3 is 4.74 Å². The van der Waals surface area contributed by atoms with Crippen LogP contribution >= 0.6 is 0 Å². The molecule has 1 aromatic heterocycles. The minimum Gasteiger partial charge on any atom is -0.379 e. The van der Waals surface area contributed by atoms with Crippen LogP contribution < -0.4 is 4.72 Å². The molecule has 0 amide bonds. The summed E-state index contributed by atoms with van der Waals surface area (Å²) >= 11 is 0. The zero-order valence-corrected chi connectivity index (χ0v) is 14.8. The summed E-state index contributed by atoms with van der Waals surface area (Å²) in [5, 5.41) is 0. The quantitative estimate of drug-likeness (QED) is 0.822. The number of rotatable bonds is 5. The van der Waals surface area contributed by atoms with E-state index in [2.05, 4.69) is 9.71 Å². The first-order valence-electron chi connectivity index (χ1n) is 7.50. The predicted molar refractivity (Wildman–Crippen MR) is 91.1 cm³/mol. The maximum atomic E-state index is 12.5. The summed E-state index contributed by atoms with van der Waals surface area (Å²) in [4.78, 5) is 3.85. The number of anilines is 1. The van der Waals surface area contributed by atoms with E-state index in [-0.39, 0.29) is 22.9 Å². The number of nitrogens with one attached hydrogen (secondary N) is 1. The van der Waals surface area contributed by atoms with E-state index in [1.54, 1.807) is 0 Å². The number of nitrogens with zero attached hydrogens (tertiary/aromatic N) is 2. The normalized spacial score (nSPS) is 16.5. The van der Waals surface area contributed by atoms with Crippen LogP contribution in [0, 0.1) is 0 Å². The van der Waals surface area contributed by atoms with Gasteiger partial charge >= 0.3 is 0 Å². The number of pyridine rings is 1. The topological polar surface area (TPSA) is 106 Å². The van der Waals surface area contributed by atoms with Crippen LogP contribution in [0.3, 0.4) is 0 Å². The first kappa shape index (κ1) is 17.8. The van der Waals surface area contributed by atoms with E-state index >= 15 is 0 Å². The van der Waals surface area contributed by atoms with E-state index in [1.165, 1.54) is 53.1 Å². The summed E-state index contributed by atoms with van der Waals surface area (Å²) in [7, 11) is -7.46. The summed E-state index contributed by atoms with van der Waals surface area (Å²) in [6, 6.07) is 8.19. The molecule has 1 N–H and O–H groups in total. The van der Waals surface area contributed by atoms with Gasteiger partial charge in [-0.1, -0.05) is 0 Å². The Morgan fingerprint density at radius 3 is 2.04 bits per heavy atom. The Morgan fingerprint density at radius 2 is 1.44 bits per heavy atom. The van der Waals surface area contributed by atoms with Crippen LogP contribution in [0.2, 0.25) is 0 Å². The number of aromatic nitrogens is 1. The Bertz CT molecular complexity index is 923. The van der Waals surface area contributed by atoms with E-state index < -0.39 is 20.0 Å². The number of ether oxygens (including phenoxy) is 1. The Balaban J connectivity index is 1.82. The number of morpholine rings is 1. The SMILES string of the molecule is O=S(=O)(Nc1ccncc1)c1ccc(S(=O)(=O)N2CCOCC2)cc1. The minimum absolute atomic E-state index is 0.0229. The van der Waals surface area contributed by atoms with Gasteiger partial charge in [0.1, 0.15) is 0 Å². The van der Waals surface area contributed by atoms with Crippen molar-refractivity contribution in [3.05, 3.63) is 48.8 Å². The van der Waals surface area contributed by atoms with E-state index in [1.807, 2.05) is 0 Å². The Morgan fingerprint density at radius 1 is 0.880 bits per heavy atom. The predicted octanol–water partition coefficient (Wildman–Crippen LogP) is 0.903. The largest absolute Gasteiger partial charge is 0.379 e. The molecule has 8 nitrogen and oxygen atoms in total. The highest BCUT2D eigenvalue weighted by Gasteiger charge is 2.26. The average Bonchev–Trinajstić information content (AvgIpc) is 2.63. The molecule has 1 fully saturated rings. The number of benzene rings is 1. The van der Waals surface area contributed by atoms with Crippen molar-refractivity contribution in [1.29, 1.82) is 0 Å². The van der Waals surface area contributed by atoms with Crippen LogP contribution in [0.5, 0.6) is 0 Å². The molecule has 0 bridgehead atoms. The van der Waals surface area contributed by atoms with Crippen molar-refractivity contribution in [2.45, 2.75) is 9.79 Å². The molecular weight excluding hydrogens is 366 g/mol. The lowest BCUT2D eigenvalue weighted by Gasteiger charge is -2.26. The monoisotopic (exact) mass is 383 g/mol. The second-order valence-corrected chi connectivity index (χ2v) is 8.95. The highest BCUT2D eigenvalue weighted by molar-refractivity contribution is 7.92. The zero-order valence-electron chi connectivity index (χ0n) is 13.2. The molecule has 25 heavy (non-hydrogen) atoms.